The van der Waals surface area contributed by atoms with Crippen molar-refractivity contribution in [2.45, 2.75) is 27.3 Å². The zero-order chi connectivity index (χ0) is 23.7. The Morgan fingerprint density at radius 1 is 0.939 bits per heavy atom. The fraction of sp³-hybridized carbons (Fsp3) is 0.500. The number of benzene rings is 1. The summed E-state index contributed by atoms with van der Waals surface area (Å²) in [5.41, 5.74) is 3.90. The maximum absolute atomic E-state index is 13.9. The predicted molar refractivity (Wildman–Crippen MR) is 121 cm³/mol. The minimum Gasteiger partial charge on any atom is -0.378 e. The number of morpholine rings is 1. The van der Waals surface area contributed by atoms with Crippen LogP contribution >= 0.6 is 0 Å². The van der Waals surface area contributed by atoms with Crippen LogP contribution in [0.2, 0.25) is 0 Å². The molecule has 33 heavy (non-hydrogen) atoms. The van der Waals surface area contributed by atoms with Crippen LogP contribution in [0, 0.1) is 25.5 Å². The van der Waals surface area contributed by atoms with E-state index in [9.17, 15) is 18.4 Å². The number of anilines is 1. The van der Waals surface area contributed by atoms with E-state index in [0.29, 0.717) is 50.7 Å². The van der Waals surface area contributed by atoms with Gasteiger partial charge in [0.2, 0.25) is 5.91 Å². The minimum atomic E-state index is -0.907. The molecule has 2 aliphatic heterocycles. The number of halogens is 2. The largest absolute Gasteiger partial charge is 0.378 e. The summed E-state index contributed by atoms with van der Waals surface area (Å²) in [6.07, 6.45) is 0. The molecule has 0 atom stereocenters. The van der Waals surface area contributed by atoms with Crippen molar-refractivity contribution in [1.82, 2.24) is 14.4 Å². The number of hydrogen-bond acceptors (Lipinski definition) is 4. The first-order valence-corrected chi connectivity index (χ1v) is 11.3. The molecule has 2 amide bonds. The molecule has 4 rings (SSSR count). The molecule has 0 N–H and O–H groups in total. The SMILES string of the molecule is CC(=O)N1CCN(C(=O)c2c(C)c(N3CCOCC3)c(C)n2Cc2ccc(F)c(F)c2)CC1. The van der Waals surface area contributed by atoms with Crippen molar-refractivity contribution in [3.05, 3.63) is 52.3 Å². The molecule has 0 unspecified atom stereocenters. The van der Waals surface area contributed by atoms with Crippen LogP contribution in [-0.4, -0.2) is 78.7 Å². The van der Waals surface area contributed by atoms with Crippen LogP contribution in [0.1, 0.15) is 34.2 Å². The predicted octanol–water partition coefficient (Wildman–Crippen LogP) is 2.57. The molecule has 0 radical (unpaired) electrons. The Hall–Kier alpha value is -2.94. The van der Waals surface area contributed by atoms with Gasteiger partial charge < -0.3 is 24.0 Å². The van der Waals surface area contributed by atoms with Gasteiger partial charge in [-0.25, -0.2) is 8.78 Å². The Bertz CT molecular complexity index is 1050. The highest BCUT2D eigenvalue weighted by Gasteiger charge is 2.31. The van der Waals surface area contributed by atoms with Crippen molar-refractivity contribution >= 4 is 17.5 Å². The molecule has 2 saturated heterocycles. The van der Waals surface area contributed by atoms with Gasteiger partial charge in [0.15, 0.2) is 11.6 Å². The molecular weight excluding hydrogens is 430 g/mol. The van der Waals surface area contributed by atoms with Crippen molar-refractivity contribution < 1.29 is 23.1 Å². The molecule has 2 aromatic rings. The second-order valence-corrected chi connectivity index (χ2v) is 8.64. The van der Waals surface area contributed by atoms with E-state index in [1.54, 1.807) is 15.9 Å². The second kappa shape index (κ2) is 9.51. The van der Waals surface area contributed by atoms with Gasteiger partial charge in [0.05, 0.1) is 18.9 Å². The van der Waals surface area contributed by atoms with Gasteiger partial charge in [-0.3, -0.25) is 9.59 Å². The quantitative estimate of drug-likeness (QED) is 0.704. The third-order valence-corrected chi connectivity index (χ3v) is 6.59. The first-order chi connectivity index (χ1) is 15.8. The molecule has 178 valence electrons. The van der Waals surface area contributed by atoms with E-state index >= 15 is 0 Å². The number of hydrogen-bond donors (Lipinski definition) is 0. The van der Waals surface area contributed by atoms with Crippen LogP contribution in [0.15, 0.2) is 18.2 Å². The Balaban J connectivity index is 1.71. The number of aromatic nitrogens is 1. The number of amides is 2. The second-order valence-electron chi connectivity index (χ2n) is 8.64. The molecule has 1 aromatic heterocycles. The van der Waals surface area contributed by atoms with Gasteiger partial charge in [-0.2, -0.15) is 0 Å². The van der Waals surface area contributed by atoms with Gasteiger partial charge in [-0.1, -0.05) is 6.07 Å². The maximum atomic E-state index is 13.9. The van der Waals surface area contributed by atoms with Gasteiger partial charge >= 0.3 is 0 Å². The first-order valence-electron chi connectivity index (χ1n) is 11.3. The summed E-state index contributed by atoms with van der Waals surface area (Å²) in [5.74, 6) is -1.91. The van der Waals surface area contributed by atoms with Gasteiger partial charge in [-0.15, -0.1) is 0 Å². The fourth-order valence-corrected chi connectivity index (χ4v) is 4.80. The number of ether oxygens (including phenoxy) is 1. The van der Waals surface area contributed by atoms with E-state index < -0.39 is 11.6 Å². The zero-order valence-electron chi connectivity index (χ0n) is 19.4. The summed E-state index contributed by atoms with van der Waals surface area (Å²) >= 11 is 0. The Kier molecular flexibility index (Phi) is 6.69. The third kappa shape index (κ3) is 4.59. The van der Waals surface area contributed by atoms with Crippen LogP contribution < -0.4 is 4.90 Å². The van der Waals surface area contributed by atoms with Crippen molar-refractivity contribution in [2.75, 3.05) is 57.4 Å². The monoisotopic (exact) mass is 460 g/mol. The van der Waals surface area contributed by atoms with Crippen LogP contribution in [0.4, 0.5) is 14.5 Å². The van der Waals surface area contributed by atoms with E-state index in [1.807, 2.05) is 18.4 Å². The number of nitrogens with zero attached hydrogens (tertiary/aromatic N) is 4. The summed E-state index contributed by atoms with van der Waals surface area (Å²) in [4.78, 5) is 31.1. The number of carbonyl (C=O) groups is 2. The molecule has 2 aliphatic rings. The standard InChI is InChI=1S/C24H30F2N4O3/c1-16-22(28-10-12-33-13-11-28)17(2)30(15-19-4-5-20(25)21(26)14-19)23(16)24(32)29-8-6-27(7-9-29)18(3)31/h4-5,14H,6-13,15H2,1-3H3. The van der Waals surface area contributed by atoms with Crippen LogP contribution in [0.5, 0.6) is 0 Å². The van der Waals surface area contributed by atoms with E-state index in [0.717, 1.165) is 36.1 Å². The lowest BCUT2D eigenvalue weighted by atomic mass is 10.1. The van der Waals surface area contributed by atoms with Gasteiger partial charge in [0, 0.05) is 64.0 Å². The summed E-state index contributed by atoms with van der Waals surface area (Å²) in [7, 11) is 0. The van der Waals surface area contributed by atoms with Crippen molar-refractivity contribution in [3.63, 3.8) is 0 Å². The molecule has 7 nitrogen and oxygen atoms in total. The Morgan fingerprint density at radius 3 is 2.18 bits per heavy atom. The van der Waals surface area contributed by atoms with E-state index in [-0.39, 0.29) is 18.4 Å². The van der Waals surface area contributed by atoms with Gasteiger partial charge in [-0.05, 0) is 31.5 Å². The Labute approximate surface area is 192 Å². The van der Waals surface area contributed by atoms with Crippen LogP contribution in [0.3, 0.4) is 0 Å². The van der Waals surface area contributed by atoms with Crippen LogP contribution in [0.25, 0.3) is 0 Å². The molecule has 2 fully saturated rings. The molecule has 1 aromatic carbocycles. The topological polar surface area (TPSA) is 58.0 Å². The van der Waals surface area contributed by atoms with E-state index in [2.05, 4.69) is 4.90 Å². The summed E-state index contributed by atoms with van der Waals surface area (Å²) < 4.78 is 34.8. The Morgan fingerprint density at radius 2 is 1.58 bits per heavy atom. The zero-order valence-corrected chi connectivity index (χ0v) is 19.4. The average molecular weight is 461 g/mol. The molecule has 0 bridgehead atoms. The third-order valence-electron chi connectivity index (χ3n) is 6.59. The fourth-order valence-electron chi connectivity index (χ4n) is 4.80. The molecule has 9 heteroatoms. The normalized spacial score (nSPS) is 16.9. The first kappa shape index (κ1) is 23.2. The average Bonchev–Trinajstić information content (AvgIpc) is 3.05. The highest BCUT2D eigenvalue weighted by Crippen LogP contribution is 2.33. The smallest absolute Gasteiger partial charge is 0.270 e. The molecular formula is C24H30F2N4O3. The number of carbonyl (C=O) groups excluding carboxylic acids is 2. The summed E-state index contributed by atoms with van der Waals surface area (Å²) in [5, 5.41) is 0. The molecule has 0 saturated carbocycles. The maximum Gasteiger partial charge on any atom is 0.270 e. The number of rotatable bonds is 4. The lowest BCUT2D eigenvalue weighted by molar-refractivity contribution is -0.130. The van der Waals surface area contributed by atoms with Crippen molar-refractivity contribution in [2.24, 2.45) is 0 Å². The van der Waals surface area contributed by atoms with Crippen molar-refractivity contribution in [3.8, 4) is 0 Å². The van der Waals surface area contributed by atoms with Gasteiger partial charge in [0.25, 0.3) is 5.91 Å². The summed E-state index contributed by atoms with van der Waals surface area (Å²) in [6, 6.07) is 3.83. The van der Waals surface area contributed by atoms with Crippen molar-refractivity contribution in [1.29, 1.82) is 0 Å². The van der Waals surface area contributed by atoms with Crippen LogP contribution in [-0.2, 0) is 16.1 Å². The highest BCUT2D eigenvalue weighted by atomic mass is 19.2. The van der Waals surface area contributed by atoms with E-state index in [4.69, 9.17) is 4.74 Å². The molecule has 0 aliphatic carbocycles. The molecule has 3 heterocycles. The minimum absolute atomic E-state index is 0.00504. The van der Waals surface area contributed by atoms with E-state index in [1.165, 1.54) is 13.0 Å². The lowest BCUT2D eigenvalue weighted by Crippen LogP contribution is -2.50. The van der Waals surface area contributed by atoms with Gasteiger partial charge in [0.1, 0.15) is 5.69 Å². The summed E-state index contributed by atoms with van der Waals surface area (Å²) in [6.45, 7) is 10.3. The molecule has 0 spiro atoms. The number of piperazine rings is 1. The highest BCUT2D eigenvalue weighted by molar-refractivity contribution is 5.97. The lowest BCUT2D eigenvalue weighted by Gasteiger charge is -2.34.